The first kappa shape index (κ1) is 14.5. The molecule has 2 rings (SSSR count). The maximum absolute atomic E-state index is 12.2. The molecule has 1 unspecified atom stereocenters. The van der Waals surface area contributed by atoms with E-state index >= 15 is 0 Å². The third kappa shape index (κ3) is 3.36. The summed E-state index contributed by atoms with van der Waals surface area (Å²) < 4.78 is 0. The fraction of sp³-hybridized carbons (Fsp3) is 0.357. The second-order valence-corrected chi connectivity index (χ2v) is 5.31. The van der Waals surface area contributed by atoms with Gasteiger partial charge in [0.1, 0.15) is 11.0 Å². The number of H-pyrrole nitrogens is 1. The third-order valence-corrected chi connectivity index (χ3v) is 3.14. The summed E-state index contributed by atoms with van der Waals surface area (Å²) >= 11 is 5.96. The minimum absolute atomic E-state index is 0.194. The van der Waals surface area contributed by atoms with Crippen LogP contribution in [0, 0.1) is 0 Å². The molecule has 0 bridgehead atoms. The van der Waals surface area contributed by atoms with Gasteiger partial charge < -0.3 is 10.3 Å². The van der Waals surface area contributed by atoms with Crippen LogP contribution in [0.1, 0.15) is 54.6 Å². The Kier molecular flexibility index (Phi) is 4.39. The zero-order valence-corrected chi connectivity index (χ0v) is 12.4. The molecule has 1 amide bonds. The van der Waals surface area contributed by atoms with E-state index in [0.717, 1.165) is 5.69 Å². The molecular formula is C14H17ClN4O. The predicted octanol–water partition coefficient (Wildman–Crippen LogP) is 3.07. The summed E-state index contributed by atoms with van der Waals surface area (Å²) in [6, 6.07) is 3.13. The molecule has 1 atom stereocenters. The molecule has 5 nitrogen and oxygen atoms in total. The number of pyridine rings is 1. The quantitative estimate of drug-likeness (QED) is 0.851. The Hall–Kier alpha value is -1.88. The Morgan fingerprint density at radius 3 is 2.70 bits per heavy atom. The van der Waals surface area contributed by atoms with Crippen molar-refractivity contribution in [2.75, 3.05) is 0 Å². The zero-order chi connectivity index (χ0) is 14.7. The van der Waals surface area contributed by atoms with Crippen LogP contribution in [0.4, 0.5) is 0 Å². The average Bonchev–Trinajstić information content (AvgIpc) is 2.91. The Balaban J connectivity index is 2.17. The van der Waals surface area contributed by atoms with Crippen molar-refractivity contribution in [2.24, 2.45) is 0 Å². The van der Waals surface area contributed by atoms with Gasteiger partial charge in [-0.3, -0.25) is 4.79 Å². The number of carbonyl (C=O) groups excluding carboxylic acids is 1. The Morgan fingerprint density at radius 1 is 1.35 bits per heavy atom. The lowest BCUT2D eigenvalue weighted by Gasteiger charge is -2.13. The number of amides is 1. The van der Waals surface area contributed by atoms with Crippen molar-refractivity contribution in [3.63, 3.8) is 0 Å². The van der Waals surface area contributed by atoms with Crippen molar-refractivity contribution in [1.29, 1.82) is 0 Å². The smallest absolute Gasteiger partial charge is 0.252 e. The summed E-state index contributed by atoms with van der Waals surface area (Å²) in [5.74, 6) is 0.727. The first-order chi connectivity index (χ1) is 9.47. The highest BCUT2D eigenvalue weighted by Crippen LogP contribution is 2.18. The van der Waals surface area contributed by atoms with E-state index in [4.69, 9.17) is 11.6 Å². The van der Waals surface area contributed by atoms with Crippen LogP contribution >= 0.6 is 11.6 Å². The molecule has 0 spiro atoms. The number of aromatic amines is 1. The molecule has 106 valence electrons. The van der Waals surface area contributed by atoms with Gasteiger partial charge in [-0.1, -0.05) is 25.4 Å². The minimum Gasteiger partial charge on any atom is -0.347 e. The first-order valence-corrected chi connectivity index (χ1v) is 6.82. The molecule has 2 aromatic heterocycles. The van der Waals surface area contributed by atoms with Crippen molar-refractivity contribution < 1.29 is 4.79 Å². The number of aromatic nitrogens is 3. The van der Waals surface area contributed by atoms with Gasteiger partial charge in [-0.2, -0.15) is 0 Å². The molecule has 2 N–H and O–H groups in total. The number of hydrogen-bond acceptors (Lipinski definition) is 3. The van der Waals surface area contributed by atoms with E-state index in [9.17, 15) is 4.79 Å². The maximum atomic E-state index is 12.2. The maximum Gasteiger partial charge on any atom is 0.252 e. The molecule has 2 heterocycles. The molecule has 0 radical (unpaired) electrons. The SMILES string of the molecule is CC(C)c1cc(C(=O)NC(C)c2ncc[nH]2)cc(Cl)n1. The molecule has 0 aliphatic heterocycles. The summed E-state index contributed by atoms with van der Waals surface area (Å²) in [7, 11) is 0. The second kappa shape index (κ2) is 6.05. The van der Waals surface area contributed by atoms with Crippen LogP contribution in [0.3, 0.4) is 0 Å². The monoisotopic (exact) mass is 292 g/mol. The number of rotatable bonds is 4. The lowest BCUT2D eigenvalue weighted by atomic mass is 10.1. The van der Waals surface area contributed by atoms with Gasteiger partial charge in [-0.05, 0) is 25.0 Å². The molecule has 0 saturated carbocycles. The molecular weight excluding hydrogens is 276 g/mol. The van der Waals surface area contributed by atoms with Gasteiger partial charge >= 0.3 is 0 Å². The topological polar surface area (TPSA) is 70.7 Å². The standard InChI is InChI=1S/C14H17ClN4O/c1-8(2)11-6-10(7-12(15)19-11)14(20)18-9(3)13-16-4-5-17-13/h4-9H,1-3H3,(H,16,17)(H,18,20). The summed E-state index contributed by atoms with van der Waals surface area (Å²) in [6.45, 7) is 5.88. The van der Waals surface area contributed by atoms with E-state index in [1.54, 1.807) is 24.5 Å². The first-order valence-electron chi connectivity index (χ1n) is 6.45. The summed E-state index contributed by atoms with van der Waals surface area (Å²) in [5.41, 5.74) is 1.31. The largest absolute Gasteiger partial charge is 0.347 e. The second-order valence-electron chi connectivity index (χ2n) is 4.93. The van der Waals surface area contributed by atoms with Gasteiger partial charge in [-0.15, -0.1) is 0 Å². The molecule has 6 heteroatoms. The number of hydrogen-bond donors (Lipinski definition) is 2. The van der Waals surface area contributed by atoms with Gasteiger partial charge in [0.25, 0.3) is 5.91 Å². The van der Waals surface area contributed by atoms with E-state index in [-0.39, 0.29) is 17.9 Å². The Bertz CT molecular complexity index is 595. The van der Waals surface area contributed by atoms with Crippen LogP contribution in [0.15, 0.2) is 24.5 Å². The molecule has 20 heavy (non-hydrogen) atoms. The van der Waals surface area contributed by atoms with Crippen molar-refractivity contribution in [3.05, 3.63) is 46.8 Å². The molecule has 2 aromatic rings. The minimum atomic E-state index is -0.202. The van der Waals surface area contributed by atoms with Crippen LogP contribution < -0.4 is 5.32 Å². The number of imidazole rings is 1. The van der Waals surface area contributed by atoms with Crippen molar-refractivity contribution >= 4 is 17.5 Å². The van der Waals surface area contributed by atoms with E-state index < -0.39 is 0 Å². The van der Waals surface area contributed by atoms with E-state index in [2.05, 4.69) is 20.3 Å². The molecule has 0 saturated heterocycles. The van der Waals surface area contributed by atoms with Crippen molar-refractivity contribution in [1.82, 2.24) is 20.3 Å². The lowest BCUT2D eigenvalue weighted by molar-refractivity contribution is 0.0938. The predicted molar refractivity (Wildman–Crippen MR) is 77.8 cm³/mol. The third-order valence-electron chi connectivity index (χ3n) is 2.94. The van der Waals surface area contributed by atoms with Crippen LogP contribution in [-0.4, -0.2) is 20.9 Å². The average molecular weight is 293 g/mol. The summed E-state index contributed by atoms with van der Waals surface area (Å²) in [4.78, 5) is 23.5. The summed E-state index contributed by atoms with van der Waals surface area (Å²) in [5, 5.41) is 3.20. The van der Waals surface area contributed by atoms with Gasteiger partial charge in [0.05, 0.1) is 6.04 Å². The number of nitrogens with zero attached hydrogens (tertiary/aromatic N) is 2. The zero-order valence-electron chi connectivity index (χ0n) is 11.6. The van der Waals surface area contributed by atoms with Crippen molar-refractivity contribution in [2.45, 2.75) is 32.7 Å². The Labute approximate surface area is 122 Å². The Morgan fingerprint density at radius 2 is 2.10 bits per heavy atom. The van der Waals surface area contributed by atoms with Gasteiger partial charge in [0.2, 0.25) is 0 Å². The molecule has 0 aromatic carbocycles. The van der Waals surface area contributed by atoms with Gasteiger partial charge in [-0.25, -0.2) is 9.97 Å². The molecule has 0 aliphatic rings. The normalized spacial score (nSPS) is 12.4. The number of halogens is 1. The highest BCUT2D eigenvalue weighted by Gasteiger charge is 2.15. The number of carbonyl (C=O) groups is 1. The van der Waals surface area contributed by atoms with Crippen LogP contribution in [0.25, 0.3) is 0 Å². The molecule has 0 aliphatic carbocycles. The fourth-order valence-electron chi connectivity index (χ4n) is 1.81. The van der Waals surface area contributed by atoms with E-state index in [1.165, 1.54) is 0 Å². The highest BCUT2D eigenvalue weighted by atomic mass is 35.5. The van der Waals surface area contributed by atoms with Gasteiger partial charge in [0, 0.05) is 23.7 Å². The molecule has 0 fully saturated rings. The number of nitrogens with one attached hydrogen (secondary N) is 2. The van der Waals surface area contributed by atoms with Crippen LogP contribution in [0.2, 0.25) is 5.15 Å². The van der Waals surface area contributed by atoms with E-state index in [1.807, 2.05) is 20.8 Å². The fourth-order valence-corrected chi connectivity index (χ4v) is 2.02. The van der Waals surface area contributed by atoms with E-state index in [0.29, 0.717) is 16.5 Å². The van der Waals surface area contributed by atoms with Crippen LogP contribution in [0.5, 0.6) is 0 Å². The lowest BCUT2D eigenvalue weighted by Crippen LogP contribution is -2.27. The van der Waals surface area contributed by atoms with Gasteiger partial charge in [0.15, 0.2) is 0 Å². The highest BCUT2D eigenvalue weighted by molar-refractivity contribution is 6.29. The van der Waals surface area contributed by atoms with Crippen LogP contribution in [-0.2, 0) is 0 Å². The van der Waals surface area contributed by atoms with Crippen molar-refractivity contribution in [3.8, 4) is 0 Å². The summed E-state index contributed by atoms with van der Waals surface area (Å²) in [6.07, 6.45) is 3.37.